The van der Waals surface area contributed by atoms with E-state index in [2.05, 4.69) is 15.3 Å². The van der Waals surface area contributed by atoms with Gasteiger partial charge in [0, 0.05) is 18.4 Å². The van der Waals surface area contributed by atoms with Crippen LogP contribution in [0.5, 0.6) is 0 Å². The fourth-order valence-corrected chi connectivity index (χ4v) is 6.22. The van der Waals surface area contributed by atoms with E-state index in [1.165, 1.54) is 0 Å². The quantitative estimate of drug-likeness (QED) is 0.0318. The molecule has 0 aromatic carbocycles. The molecule has 20 atom stereocenters. The molecular formula is C28H48N4O21. The molecule has 0 spiro atoms. The van der Waals surface area contributed by atoms with Crippen LogP contribution in [0.1, 0.15) is 6.92 Å². The number of aliphatic hydroxyl groups excluding tert-OH is 12. The molecule has 25 heteroatoms. The Hall–Kier alpha value is -2.02. The summed E-state index contributed by atoms with van der Waals surface area (Å²) in [5, 5.41) is 130. The highest BCUT2D eigenvalue weighted by Gasteiger charge is 2.54. The van der Waals surface area contributed by atoms with Gasteiger partial charge in [-0.2, -0.15) is 0 Å². The van der Waals surface area contributed by atoms with Gasteiger partial charge in [-0.1, -0.05) is 5.11 Å². The molecule has 1 amide bonds. The van der Waals surface area contributed by atoms with Crippen molar-refractivity contribution in [3.05, 3.63) is 10.4 Å². The third-order valence-corrected chi connectivity index (χ3v) is 9.10. The van der Waals surface area contributed by atoms with E-state index >= 15 is 0 Å². The molecule has 13 N–H and O–H groups in total. The van der Waals surface area contributed by atoms with Gasteiger partial charge in [0.2, 0.25) is 5.91 Å². The number of hydrogen-bond donors (Lipinski definition) is 13. The zero-order chi connectivity index (χ0) is 39.1. The SMILES string of the molecule is CC(=O)N[C@H]1[C@H](OCCN=[N+]=[N-])O[C@H](CO[C@@H]2O[C@H](CO)[C@@H](O[C@@H]3O[C@H](CO)[C@H](O)[C@H](O)[C@H]3O)[C@H](O)[C@H]2O)[C@@H](O[C@@H]2O[C@H](CO)[C@@H](O)[C@H](O)[C@H]2O)[C@@H]1O. The lowest BCUT2D eigenvalue weighted by Gasteiger charge is -2.48. The molecule has 0 aromatic rings. The van der Waals surface area contributed by atoms with E-state index in [-0.39, 0.29) is 13.2 Å². The van der Waals surface area contributed by atoms with Crippen LogP contribution >= 0.6 is 0 Å². The Morgan fingerprint density at radius 3 is 1.58 bits per heavy atom. The second kappa shape index (κ2) is 19.7. The molecule has 0 aliphatic carbocycles. The Labute approximate surface area is 300 Å². The summed E-state index contributed by atoms with van der Waals surface area (Å²) >= 11 is 0. The topological polar surface area (TPSA) is 394 Å². The zero-order valence-electron chi connectivity index (χ0n) is 28.2. The Balaban J connectivity index is 1.54. The minimum absolute atomic E-state index is 0.194. The highest BCUT2D eigenvalue weighted by atomic mass is 16.8. The van der Waals surface area contributed by atoms with Crippen molar-refractivity contribution >= 4 is 5.91 Å². The Kier molecular flexibility index (Phi) is 16.3. The van der Waals surface area contributed by atoms with Crippen LogP contribution in [0.25, 0.3) is 10.4 Å². The van der Waals surface area contributed by atoms with Crippen LogP contribution < -0.4 is 5.32 Å². The number of ether oxygens (including phenoxy) is 8. The van der Waals surface area contributed by atoms with Crippen molar-refractivity contribution < 1.29 is 104 Å². The molecule has 4 saturated heterocycles. The van der Waals surface area contributed by atoms with Gasteiger partial charge in [-0.05, 0) is 5.53 Å². The molecule has 0 bridgehead atoms. The van der Waals surface area contributed by atoms with Gasteiger partial charge in [-0.3, -0.25) is 4.79 Å². The zero-order valence-corrected chi connectivity index (χ0v) is 28.2. The lowest BCUT2D eigenvalue weighted by molar-refractivity contribution is -0.369. The average Bonchev–Trinajstić information content (AvgIpc) is 3.14. The van der Waals surface area contributed by atoms with Gasteiger partial charge >= 0.3 is 0 Å². The second-order valence-electron chi connectivity index (χ2n) is 12.7. The number of carbonyl (C=O) groups is 1. The first kappa shape index (κ1) is 43.7. The number of azide groups is 1. The number of rotatable bonds is 15. The fraction of sp³-hybridized carbons (Fsp3) is 0.964. The Bertz CT molecular complexity index is 1200. The monoisotopic (exact) mass is 776 g/mol. The summed E-state index contributed by atoms with van der Waals surface area (Å²) in [6, 6.07) is -1.40. The van der Waals surface area contributed by atoms with Crippen LogP contribution in [0, 0.1) is 0 Å². The molecule has 0 saturated carbocycles. The molecule has 0 aromatic heterocycles. The first-order valence-electron chi connectivity index (χ1n) is 16.6. The number of nitrogens with zero attached hydrogens (tertiary/aromatic N) is 3. The summed E-state index contributed by atoms with van der Waals surface area (Å²) in [6.07, 6.45) is -32.8. The first-order chi connectivity index (χ1) is 25.2. The van der Waals surface area contributed by atoms with Gasteiger partial charge < -0.3 is 104 Å². The summed E-state index contributed by atoms with van der Waals surface area (Å²) in [6.45, 7) is -2.55. The summed E-state index contributed by atoms with van der Waals surface area (Å²) in [5.41, 5.74) is 8.60. The summed E-state index contributed by atoms with van der Waals surface area (Å²) in [5.74, 6) is -0.661. The fourth-order valence-electron chi connectivity index (χ4n) is 6.22. The van der Waals surface area contributed by atoms with Crippen LogP contribution in [0.15, 0.2) is 5.11 Å². The number of hydrogen-bond acceptors (Lipinski definition) is 22. The minimum Gasteiger partial charge on any atom is -0.394 e. The minimum atomic E-state index is -1.98. The van der Waals surface area contributed by atoms with Gasteiger partial charge in [-0.15, -0.1) is 0 Å². The van der Waals surface area contributed by atoms with Gasteiger partial charge in [-0.25, -0.2) is 0 Å². The number of aliphatic hydroxyl groups is 12. The molecule has 306 valence electrons. The van der Waals surface area contributed by atoms with E-state index < -0.39 is 155 Å². The van der Waals surface area contributed by atoms with Gasteiger partial charge in [0.25, 0.3) is 0 Å². The second-order valence-corrected chi connectivity index (χ2v) is 12.7. The lowest BCUT2D eigenvalue weighted by Crippen LogP contribution is -2.68. The first-order valence-corrected chi connectivity index (χ1v) is 16.6. The highest BCUT2D eigenvalue weighted by Crippen LogP contribution is 2.33. The van der Waals surface area contributed by atoms with Crippen LogP contribution in [0.4, 0.5) is 0 Å². The molecule has 4 aliphatic heterocycles. The van der Waals surface area contributed by atoms with Crippen molar-refractivity contribution in [2.75, 3.05) is 39.6 Å². The van der Waals surface area contributed by atoms with Gasteiger partial charge in [0.1, 0.15) is 97.6 Å². The van der Waals surface area contributed by atoms with E-state index in [1.807, 2.05) is 0 Å². The molecule has 0 radical (unpaired) electrons. The standard InChI is InChI=1S/C28H48N4O21/c1-8(36)31-13-16(39)24(53-28-21(44)18(41)15(38)10(5-34)49-28)12(51-25(13)46-3-2-30-32-29)7-47-26-22(45)19(42)23(11(6-35)50-26)52-27-20(43)17(40)14(37)9(4-33)48-27/h9-28,33-35,37-45H,2-7H2,1H3,(H,31,36)/t9-,10-,11-,12-,13-,14+,15-,16-,17+,18+,19-,20-,21-,22-,23-,24-,25-,26-,27+,28+/m1/s1. The predicted molar refractivity (Wildman–Crippen MR) is 163 cm³/mol. The van der Waals surface area contributed by atoms with E-state index in [0.29, 0.717) is 0 Å². The molecule has 0 unspecified atom stereocenters. The Morgan fingerprint density at radius 1 is 0.623 bits per heavy atom. The van der Waals surface area contributed by atoms with Crippen molar-refractivity contribution in [2.45, 2.75) is 130 Å². The number of nitrogens with one attached hydrogen (secondary N) is 1. The molecule has 53 heavy (non-hydrogen) atoms. The molecule has 4 aliphatic rings. The van der Waals surface area contributed by atoms with E-state index in [0.717, 1.165) is 6.92 Å². The molecule has 4 rings (SSSR count). The maximum Gasteiger partial charge on any atom is 0.217 e. The van der Waals surface area contributed by atoms with Gasteiger partial charge in [0.15, 0.2) is 25.2 Å². The van der Waals surface area contributed by atoms with Crippen molar-refractivity contribution in [3.63, 3.8) is 0 Å². The predicted octanol–water partition coefficient (Wildman–Crippen LogP) is -8.27. The number of carbonyl (C=O) groups excluding carboxylic acids is 1. The summed E-state index contributed by atoms with van der Waals surface area (Å²) in [4.78, 5) is 14.7. The lowest BCUT2D eigenvalue weighted by atomic mass is 9.95. The highest BCUT2D eigenvalue weighted by molar-refractivity contribution is 5.73. The molecular weight excluding hydrogens is 728 g/mol. The third-order valence-electron chi connectivity index (χ3n) is 9.10. The van der Waals surface area contributed by atoms with Crippen LogP contribution in [0.2, 0.25) is 0 Å². The smallest absolute Gasteiger partial charge is 0.217 e. The van der Waals surface area contributed by atoms with Gasteiger partial charge in [0.05, 0.1) is 33.0 Å². The summed E-state index contributed by atoms with van der Waals surface area (Å²) in [7, 11) is 0. The van der Waals surface area contributed by atoms with Crippen LogP contribution in [-0.2, 0) is 42.7 Å². The average molecular weight is 777 g/mol. The Morgan fingerprint density at radius 2 is 1.09 bits per heavy atom. The van der Waals surface area contributed by atoms with Crippen molar-refractivity contribution in [3.8, 4) is 0 Å². The maximum absolute atomic E-state index is 12.1. The summed E-state index contributed by atoms with van der Waals surface area (Å²) < 4.78 is 44.9. The van der Waals surface area contributed by atoms with E-state index in [1.54, 1.807) is 0 Å². The molecule has 25 nitrogen and oxygen atoms in total. The normalized spacial score (nSPS) is 46.4. The van der Waals surface area contributed by atoms with E-state index in [9.17, 15) is 66.1 Å². The largest absolute Gasteiger partial charge is 0.394 e. The number of amides is 1. The van der Waals surface area contributed by atoms with Crippen molar-refractivity contribution in [1.82, 2.24) is 5.32 Å². The third kappa shape index (κ3) is 10.1. The van der Waals surface area contributed by atoms with Crippen LogP contribution in [-0.4, -0.2) is 230 Å². The maximum atomic E-state index is 12.1. The molecule has 4 heterocycles. The van der Waals surface area contributed by atoms with Crippen molar-refractivity contribution in [1.29, 1.82) is 0 Å². The molecule has 4 fully saturated rings. The van der Waals surface area contributed by atoms with Crippen molar-refractivity contribution in [2.24, 2.45) is 5.11 Å². The van der Waals surface area contributed by atoms with Crippen LogP contribution in [0.3, 0.4) is 0 Å². The van der Waals surface area contributed by atoms with E-state index in [4.69, 9.17) is 43.4 Å².